The van der Waals surface area contributed by atoms with Gasteiger partial charge in [-0.25, -0.2) is 0 Å². The van der Waals surface area contributed by atoms with Crippen LogP contribution in [0.4, 0.5) is 5.69 Å². The number of hydrogen-bond donors (Lipinski definition) is 1. The third kappa shape index (κ3) is 3.69. The number of morpholine rings is 1. The lowest BCUT2D eigenvalue weighted by atomic mass is 10.1. The fourth-order valence-electron chi connectivity index (χ4n) is 3.41. The molecular formula is C19H24N4O2. The average molecular weight is 340 g/mol. The van der Waals surface area contributed by atoms with Gasteiger partial charge in [-0.2, -0.15) is 5.10 Å². The molecule has 132 valence electrons. The molecule has 0 atom stereocenters. The highest BCUT2D eigenvalue weighted by atomic mass is 16.5. The van der Waals surface area contributed by atoms with Crippen molar-refractivity contribution in [3.05, 3.63) is 48.3 Å². The first-order valence-corrected chi connectivity index (χ1v) is 8.93. The Labute approximate surface area is 147 Å². The minimum absolute atomic E-state index is 0.00818. The quantitative estimate of drug-likeness (QED) is 0.873. The van der Waals surface area contributed by atoms with E-state index in [9.17, 15) is 4.79 Å². The SMILES string of the molecule is O=C(NCC1(Cn2cccn2)CC1)c1ccccc1N1CCOCC1. The minimum Gasteiger partial charge on any atom is -0.378 e. The molecule has 0 spiro atoms. The highest BCUT2D eigenvalue weighted by Gasteiger charge is 2.43. The van der Waals surface area contributed by atoms with Gasteiger partial charge >= 0.3 is 0 Å². The van der Waals surface area contributed by atoms with Gasteiger partial charge in [0.05, 0.1) is 18.8 Å². The number of amides is 1. The lowest BCUT2D eigenvalue weighted by molar-refractivity contribution is 0.0941. The van der Waals surface area contributed by atoms with Crippen LogP contribution in [0.1, 0.15) is 23.2 Å². The topological polar surface area (TPSA) is 59.4 Å². The molecule has 1 aliphatic carbocycles. The van der Waals surface area contributed by atoms with Crippen molar-refractivity contribution in [1.29, 1.82) is 0 Å². The van der Waals surface area contributed by atoms with Crippen molar-refractivity contribution in [1.82, 2.24) is 15.1 Å². The molecule has 1 N–H and O–H groups in total. The largest absolute Gasteiger partial charge is 0.378 e. The number of benzene rings is 1. The molecule has 25 heavy (non-hydrogen) atoms. The van der Waals surface area contributed by atoms with Crippen LogP contribution >= 0.6 is 0 Å². The fraction of sp³-hybridized carbons (Fsp3) is 0.474. The summed E-state index contributed by atoms with van der Waals surface area (Å²) in [5.41, 5.74) is 1.91. The van der Waals surface area contributed by atoms with Crippen molar-refractivity contribution < 1.29 is 9.53 Å². The van der Waals surface area contributed by atoms with Crippen LogP contribution in [0.5, 0.6) is 0 Å². The van der Waals surface area contributed by atoms with Gasteiger partial charge in [-0.1, -0.05) is 12.1 Å². The van der Waals surface area contributed by atoms with Crippen molar-refractivity contribution in [3.63, 3.8) is 0 Å². The summed E-state index contributed by atoms with van der Waals surface area (Å²) in [6.45, 7) is 4.64. The lowest BCUT2D eigenvalue weighted by Crippen LogP contribution is -2.38. The molecule has 1 saturated heterocycles. The van der Waals surface area contributed by atoms with Crippen LogP contribution in [0.25, 0.3) is 0 Å². The summed E-state index contributed by atoms with van der Waals surface area (Å²) in [7, 11) is 0. The molecule has 2 fully saturated rings. The van der Waals surface area contributed by atoms with Gasteiger partial charge in [0.2, 0.25) is 0 Å². The number of carbonyl (C=O) groups is 1. The first kappa shape index (κ1) is 16.1. The van der Waals surface area contributed by atoms with Crippen molar-refractivity contribution in [2.75, 3.05) is 37.7 Å². The standard InChI is InChI=1S/C19H24N4O2/c24-18(20-14-19(6-7-19)15-23-9-3-8-21-23)16-4-1-2-5-17(16)22-10-12-25-13-11-22/h1-5,8-9H,6-7,10-15H2,(H,20,24). The van der Waals surface area contributed by atoms with Gasteiger partial charge in [-0.05, 0) is 31.0 Å². The summed E-state index contributed by atoms with van der Waals surface area (Å²) in [6, 6.07) is 9.79. The highest BCUT2D eigenvalue weighted by molar-refractivity contribution is 5.99. The first-order valence-electron chi connectivity index (χ1n) is 8.93. The second-order valence-corrected chi connectivity index (χ2v) is 7.00. The van der Waals surface area contributed by atoms with Crippen LogP contribution in [-0.4, -0.2) is 48.5 Å². The summed E-state index contributed by atoms with van der Waals surface area (Å²) in [6.07, 6.45) is 6.05. The van der Waals surface area contributed by atoms with E-state index in [0.29, 0.717) is 19.8 Å². The van der Waals surface area contributed by atoms with Crippen molar-refractivity contribution in [3.8, 4) is 0 Å². The molecule has 4 rings (SSSR count). The van der Waals surface area contributed by atoms with E-state index < -0.39 is 0 Å². The number of para-hydroxylation sites is 1. The molecule has 0 unspecified atom stereocenters. The van der Waals surface area contributed by atoms with Gasteiger partial charge in [0.1, 0.15) is 0 Å². The smallest absolute Gasteiger partial charge is 0.253 e. The highest BCUT2D eigenvalue weighted by Crippen LogP contribution is 2.46. The Kier molecular flexibility index (Phi) is 4.44. The molecule has 1 saturated carbocycles. The molecule has 1 aromatic carbocycles. The minimum atomic E-state index is 0.00818. The lowest BCUT2D eigenvalue weighted by Gasteiger charge is -2.30. The van der Waals surface area contributed by atoms with E-state index in [-0.39, 0.29) is 11.3 Å². The van der Waals surface area contributed by atoms with Crippen molar-refractivity contribution >= 4 is 11.6 Å². The Morgan fingerprint density at radius 3 is 2.72 bits per heavy atom. The summed E-state index contributed by atoms with van der Waals surface area (Å²) in [4.78, 5) is 15.0. The summed E-state index contributed by atoms with van der Waals surface area (Å²) in [5.74, 6) is 0.00818. The van der Waals surface area contributed by atoms with Gasteiger partial charge in [-0.3, -0.25) is 9.48 Å². The molecule has 6 heteroatoms. The number of anilines is 1. The number of nitrogens with zero attached hydrogens (tertiary/aromatic N) is 3. The molecule has 2 heterocycles. The van der Waals surface area contributed by atoms with E-state index in [4.69, 9.17) is 4.74 Å². The Balaban J connectivity index is 1.41. The van der Waals surface area contributed by atoms with E-state index in [1.165, 1.54) is 0 Å². The molecule has 2 aliphatic rings. The summed E-state index contributed by atoms with van der Waals surface area (Å²) < 4.78 is 7.38. The van der Waals surface area contributed by atoms with Gasteiger partial charge in [0.15, 0.2) is 0 Å². The summed E-state index contributed by atoms with van der Waals surface area (Å²) >= 11 is 0. The Morgan fingerprint density at radius 1 is 1.20 bits per heavy atom. The third-order valence-corrected chi connectivity index (χ3v) is 5.14. The zero-order valence-electron chi connectivity index (χ0n) is 14.4. The van der Waals surface area contributed by atoms with Gasteiger partial charge in [0, 0.05) is 49.7 Å². The second-order valence-electron chi connectivity index (χ2n) is 7.00. The zero-order chi connectivity index (χ0) is 17.1. The third-order valence-electron chi connectivity index (χ3n) is 5.14. The molecule has 1 aromatic heterocycles. The van der Waals surface area contributed by atoms with Gasteiger partial charge in [-0.15, -0.1) is 0 Å². The number of ether oxygens (including phenoxy) is 1. The monoisotopic (exact) mass is 340 g/mol. The summed E-state index contributed by atoms with van der Waals surface area (Å²) in [5, 5.41) is 7.44. The van der Waals surface area contributed by atoms with Crippen LogP contribution in [0.2, 0.25) is 0 Å². The zero-order valence-corrected chi connectivity index (χ0v) is 14.4. The maximum atomic E-state index is 12.8. The van der Waals surface area contributed by atoms with Gasteiger partial charge < -0.3 is 15.0 Å². The van der Waals surface area contributed by atoms with Gasteiger partial charge in [0.25, 0.3) is 5.91 Å². The molecule has 1 aliphatic heterocycles. The Bertz CT molecular complexity index is 719. The van der Waals surface area contributed by atoms with E-state index >= 15 is 0 Å². The Morgan fingerprint density at radius 2 is 2.00 bits per heavy atom. The van der Waals surface area contributed by atoms with Crippen LogP contribution in [-0.2, 0) is 11.3 Å². The van der Waals surface area contributed by atoms with Crippen LogP contribution in [0.3, 0.4) is 0 Å². The number of carbonyl (C=O) groups excluding carboxylic acids is 1. The van der Waals surface area contributed by atoms with E-state index in [1.54, 1.807) is 6.20 Å². The average Bonchev–Trinajstić information content (AvgIpc) is 3.23. The predicted octanol–water partition coefficient (Wildman–Crippen LogP) is 1.93. The van der Waals surface area contributed by atoms with E-state index in [1.807, 2.05) is 41.2 Å². The predicted molar refractivity (Wildman–Crippen MR) is 95.7 cm³/mol. The van der Waals surface area contributed by atoms with Crippen molar-refractivity contribution in [2.45, 2.75) is 19.4 Å². The number of hydrogen-bond acceptors (Lipinski definition) is 4. The number of rotatable bonds is 6. The van der Waals surface area contributed by atoms with E-state index in [2.05, 4.69) is 15.3 Å². The fourth-order valence-corrected chi connectivity index (χ4v) is 3.41. The number of nitrogens with one attached hydrogen (secondary N) is 1. The molecule has 0 radical (unpaired) electrons. The van der Waals surface area contributed by atoms with E-state index in [0.717, 1.165) is 43.7 Å². The van der Waals surface area contributed by atoms with Crippen LogP contribution in [0, 0.1) is 5.41 Å². The molecule has 1 amide bonds. The molecule has 6 nitrogen and oxygen atoms in total. The van der Waals surface area contributed by atoms with Crippen LogP contribution in [0.15, 0.2) is 42.7 Å². The molecular weight excluding hydrogens is 316 g/mol. The maximum Gasteiger partial charge on any atom is 0.253 e. The second kappa shape index (κ2) is 6.88. The molecule has 0 bridgehead atoms. The molecule has 2 aromatic rings. The Hall–Kier alpha value is -2.34. The first-order chi connectivity index (χ1) is 12.3. The maximum absolute atomic E-state index is 12.8. The normalized spacial score (nSPS) is 18.8. The van der Waals surface area contributed by atoms with Crippen molar-refractivity contribution in [2.24, 2.45) is 5.41 Å². The van der Waals surface area contributed by atoms with Crippen LogP contribution < -0.4 is 10.2 Å². The number of aromatic nitrogens is 2.